The maximum Gasteiger partial charge on any atom is 0.251 e. The Balaban J connectivity index is 1.47. The molecule has 11 nitrogen and oxygen atoms in total. The number of hydrogen-bond donors (Lipinski definition) is 2. The third-order valence-electron chi connectivity index (χ3n) is 6.09. The van der Waals surface area contributed by atoms with Gasteiger partial charge >= 0.3 is 0 Å². The van der Waals surface area contributed by atoms with Gasteiger partial charge in [-0.2, -0.15) is 4.80 Å². The van der Waals surface area contributed by atoms with Gasteiger partial charge in [0.15, 0.2) is 11.8 Å². The number of aromatic nitrogens is 4. The molecule has 3 aromatic heterocycles. The van der Waals surface area contributed by atoms with Gasteiger partial charge in [0, 0.05) is 17.8 Å². The van der Waals surface area contributed by atoms with Crippen molar-refractivity contribution in [3.8, 4) is 17.3 Å². The number of carbonyl (C=O) groups excluding carboxylic acids is 2. The molecule has 0 spiro atoms. The van der Waals surface area contributed by atoms with E-state index in [1.54, 1.807) is 43.3 Å². The van der Waals surface area contributed by atoms with Crippen LogP contribution in [0.25, 0.3) is 11.6 Å². The molecule has 11 heteroatoms. The van der Waals surface area contributed by atoms with Crippen molar-refractivity contribution in [2.45, 2.75) is 51.2 Å². The Hall–Kier alpha value is -4.41. The summed E-state index contributed by atoms with van der Waals surface area (Å²) in [4.78, 5) is 29.7. The van der Waals surface area contributed by atoms with Crippen LogP contribution in [0.1, 0.15) is 43.2 Å². The van der Waals surface area contributed by atoms with Crippen molar-refractivity contribution in [3.63, 3.8) is 0 Å². The summed E-state index contributed by atoms with van der Waals surface area (Å²) >= 11 is 0. The number of nitrogens with zero attached hydrogens (tertiary/aromatic N) is 5. The molecule has 0 aliphatic heterocycles. The van der Waals surface area contributed by atoms with Gasteiger partial charge in [-0.1, -0.05) is 18.9 Å². The lowest BCUT2D eigenvalue weighted by molar-refractivity contribution is -0.128. The van der Waals surface area contributed by atoms with E-state index in [9.17, 15) is 14.7 Å². The van der Waals surface area contributed by atoms with E-state index in [-0.39, 0.29) is 30.1 Å². The highest BCUT2D eigenvalue weighted by molar-refractivity contribution is 6.01. The molecule has 1 atom stereocenters. The summed E-state index contributed by atoms with van der Waals surface area (Å²) in [6.07, 6.45) is 5.30. The predicted octanol–water partition coefficient (Wildman–Crippen LogP) is 3.37. The second-order valence-corrected chi connectivity index (χ2v) is 8.75. The Morgan fingerprint density at radius 1 is 1.19 bits per heavy atom. The monoisotopic (exact) mass is 490 g/mol. The topological polar surface area (TPSA) is 140 Å². The number of rotatable bonds is 8. The average Bonchev–Trinajstić information content (AvgIpc) is 3.65. The Bertz CT molecular complexity index is 1340. The molecule has 1 fully saturated rings. The Morgan fingerprint density at radius 3 is 2.72 bits per heavy atom. The van der Waals surface area contributed by atoms with E-state index >= 15 is 0 Å². The number of aryl methyl sites for hydroxylation is 1. The molecule has 0 radical (unpaired) electrons. The Kier molecular flexibility index (Phi) is 6.52. The molecule has 4 aromatic rings. The summed E-state index contributed by atoms with van der Waals surface area (Å²) in [7, 11) is 0. The van der Waals surface area contributed by atoms with Gasteiger partial charge in [-0.05, 0) is 61.4 Å². The molecule has 2 N–H and O–H groups in total. The number of anilines is 1. The van der Waals surface area contributed by atoms with E-state index in [4.69, 9.17) is 8.83 Å². The van der Waals surface area contributed by atoms with Crippen LogP contribution in [-0.2, 0) is 16.1 Å². The van der Waals surface area contributed by atoms with E-state index in [0.29, 0.717) is 23.0 Å². The largest absolute Gasteiger partial charge is 0.508 e. The number of tetrazole rings is 1. The minimum atomic E-state index is -1.11. The minimum Gasteiger partial charge on any atom is -0.508 e. The van der Waals surface area contributed by atoms with Crippen molar-refractivity contribution in [3.05, 3.63) is 66.3 Å². The lowest BCUT2D eigenvalue weighted by atomic mass is 10.1. The molecule has 0 bridgehead atoms. The zero-order valence-electron chi connectivity index (χ0n) is 19.7. The van der Waals surface area contributed by atoms with Crippen LogP contribution in [0.2, 0.25) is 0 Å². The SMILES string of the molecule is Cc1ccc(-c2nnn(CC(=O)N(c3cccc(O)c3)[C@@H](C(=O)NC3CCCC3)c3ccco3)n2)o1. The van der Waals surface area contributed by atoms with Crippen LogP contribution in [0, 0.1) is 6.92 Å². The molecule has 1 aliphatic carbocycles. The number of furan rings is 2. The predicted molar refractivity (Wildman–Crippen MR) is 128 cm³/mol. The van der Waals surface area contributed by atoms with E-state index in [1.807, 2.05) is 0 Å². The smallest absolute Gasteiger partial charge is 0.251 e. The normalized spacial score (nSPS) is 14.6. The molecule has 186 valence electrons. The fraction of sp³-hybridized carbons (Fsp3) is 0.320. The van der Waals surface area contributed by atoms with Gasteiger partial charge in [0.25, 0.3) is 11.8 Å². The molecule has 5 rings (SSSR count). The maximum absolute atomic E-state index is 13.7. The summed E-state index contributed by atoms with van der Waals surface area (Å²) in [5.74, 6) is 0.744. The van der Waals surface area contributed by atoms with Crippen LogP contribution in [0.3, 0.4) is 0 Å². The lowest BCUT2D eigenvalue weighted by Crippen LogP contribution is -2.47. The van der Waals surface area contributed by atoms with Crippen molar-refractivity contribution < 1.29 is 23.5 Å². The first kappa shape index (κ1) is 23.3. The summed E-state index contributed by atoms with van der Waals surface area (Å²) in [5.41, 5.74) is 0.324. The number of carbonyl (C=O) groups is 2. The number of phenols is 1. The zero-order chi connectivity index (χ0) is 25.1. The van der Waals surface area contributed by atoms with Gasteiger partial charge in [-0.15, -0.1) is 10.2 Å². The van der Waals surface area contributed by atoms with Gasteiger partial charge in [0.05, 0.1) is 6.26 Å². The molecular formula is C25H26N6O5. The summed E-state index contributed by atoms with van der Waals surface area (Å²) < 4.78 is 11.1. The second kappa shape index (κ2) is 10.1. The van der Waals surface area contributed by atoms with Gasteiger partial charge < -0.3 is 19.3 Å². The van der Waals surface area contributed by atoms with Crippen molar-refractivity contribution >= 4 is 17.5 Å². The van der Waals surface area contributed by atoms with E-state index in [0.717, 1.165) is 30.5 Å². The Morgan fingerprint density at radius 2 is 2.03 bits per heavy atom. The van der Waals surface area contributed by atoms with Crippen LogP contribution >= 0.6 is 0 Å². The molecule has 0 unspecified atom stereocenters. The summed E-state index contributed by atoms with van der Waals surface area (Å²) in [6.45, 7) is 1.49. The minimum absolute atomic E-state index is 0.0346. The molecule has 1 aromatic carbocycles. The first-order chi connectivity index (χ1) is 17.5. The first-order valence-corrected chi connectivity index (χ1v) is 11.8. The quantitative estimate of drug-likeness (QED) is 0.383. The van der Waals surface area contributed by atoms with Gasteiger partial charge in [0.2, 0.25) is 5.82 Å². The van der Waals surface area contributed by atoms with Crippen molar-refractivity contribution in [2.75, 3.05) is 4.90 Å². The van der Waals surface area contributed by atoms with Crippen LogP contribution in [0.4, 0.5) is 5.69 Å². The number of benzene rings is 1. The highest BCUT2D eigenvalue weighted by Crippen LogP contribution is 2.31. The fourth-order valence-electron chi connectivity index (χ4n) is 4.41. The molecule has 36 heavy (non-hydrogen) atoms. The number of aromatic hydroxyl groups is 1. The number of hydrogen-bond acceptors (Lipinski definition) is 8. The molecule has 3 heterocycles. The molecule has 2 amide bonds. The van der Waals surface area contributed by atoms with E-state index in [1.165, 1.54) is 23.3 Å². The van der Waals surface area contributed by atoms with Crippen LogP contribution in [0.15, 0.2) is 63.6 Å². The summed E-state index contributed by atoms with van der Waals surface area (Å²) in [6, 6.07) is 11.9. The van der Waals surface area contributed by atoms with Gasteiger partial charge in [-0.3, -0.25) is 14.5 Å². The zero-order valence-corrected chi connectivity index (χ0v) is 19.7. The summed E-state index contributed by atoms with van der Waals surface area (Å²) in [5, 5.41) is 25.4. The van der Waals surface area contributed by atoms with Gasteiger partial charge in [0.1, 0.15) is 23.8 Å². The second-order valence-electron chi connectivity index (χ2n) is 8.75. The molecule has 1 aliphatic rings. The van der Waals surface area contributed by atoms with Crippen LogP contribution in [0.5, 0.6) is 5.75 Å². The highest BCUT2D eigenvalue weighted by atomic mass is 16.3. The first-order valence-electron chi connectivity index (χ1n) is 11.8. The standard InChI is InChI=1S/C25H26N6O5/c1-16-11-12-21(36-16)24-27-29-30(28-24)15-22(33)31(18-8-4-9-19(32)14-18)23(20-10-5-13-35-20)25(34)26-17-6-2-3-7-17/h4-5,8-14,17,23,32H,2-3,6-7,15H2,1H3,(H,26,34)/t23-/m1/s1. The van der Waals surface area contributed by atoms with Crippen molar-refractivity contribution in [1.82, 2.24) is 25.5 Å². The lowest BCUT2D eigenvalue weighted by Gasteiger charge is -2.30. The van der Waals surface area contributed by atoms with E-state index < -0.39 is 11.9 Å². The average molecular weight is 491 g/mol. The number of phenolic OH excluding ortho intramolecular Hbond substituents is 1. The Labute approximate surface area is 206 Å². The molecular weight excluding hydrogens is 464 g/mol. The third kappa shape index (κ3) is 4.99. The van der Waals surface area contributed by atoms with Crippen LogP contribution < -0.4 is 10.2 Å². The highest BCUT2D eigenvalue weighted by Gasteiger charge is 2.36. The fourth-order valence-corrected chi connectivity index (χ4v) is 4.41. The third-order valence-corrected chi connectivity index (χ3v) is 6.09. The number of nitrogens with one attached hydrogen (secondary N) is 1. The van der Waals surface area contributed by atoms with Crippen LogP contribution in [-0.4, -0.2) is 43.2 Å². The molecule has 1 saturated carbocycles. The van der Waals surface area contributed by atoms with Crippen molar-refractivity contribution in [2.24, 2.45) is 0 Å². The maximum atomic E-state index is 13.7. The number of amides is 2. The van der Waals surface area contributed by atoms with Crippen molar-refractivity contribution in [1.29, 1.82) is 0 Å². The molecule has 0 saturated heterocycles. The van der Waals surface area contributed by atoms with Gasteiger partial charge in [-0.25, -0.2) is 0 Å². The van der Waals surface area contributed by atoms with E-state index in [2.05, 4.69) is 20.7 Å².